The average Bonchev–Trinajstić information content (AvgIpc) is 2.74. The molecule has 0 radical (unpaired) electrons. The molecule has 0 aromatic carbocycles. The van der Waals surface area contributed by atoms with Crippen molar-refractivity contribution in [1.29, 1.82) is 0 Å². The van der Waals surface area contributed by atoms with Crippen LogP contribution in [0.2, 0.25) is 0 Å². The first-order chi connectivity index (χ1) is 8.15. The van der Waals surface area contributed by atoms with Crippen molar-refractivity contribution in [3.63, 3.8) is 0 Å². The molecule has 17 heavy (non-hydrogen) atoms. The van der Waals surface area contributed by atoms with E-state index >= 15 is 0 Å². The van der Waals surface area contributed by atoms with Crippen LogP contribution >= 0.6 is 0 Å². The Hall–Kier alpha value is -1.58. The van der Waals surface area contributed by atoms with Gasteiger partial charge in [-0.1, -0.05) is 13.3 Å². The van der Waals surface area contributed by atoms with Crippen molar-refractivity contribution in [2.24, 2.45) is 0 Å². The van der Waals surface area contributed by atoms with Gasteiger partial charge in [-0.05, 0) is 37.3 Å². The Bertz CT molecular complexity index is 502. The Kier molecular flexibility index (Phi) is 3.31. The van der Waals surface area contributed by atoms with Crippen LogP contribution in [0.3, 0.4) is 0 Å². The number of aryl methyl sites for hydroxylation is 1. The molecule has 0 fully saturated rings. The number of aromatic nitrogens is 1. The molecule has 1 aromatic heterocycles. The molecule has 1 N–H and O–H groups in total. The summed E-state index contributed by atoms with van der Waals surface area (Å²) in [5.41, 5.74) is 1.67. The van der Waals surface area contributed by atoms with E-state index in [0.29, 0.717) is 6.54 Å². The zero-order valence-electron chi connectivity index (χ0n) is 10.0. The van der Waals surface area contributed by atoms with Gasteiger partial charge in [0.15, 0.2) is 0 Å². The van der Waals surface area contributed by atoms with Crippen LogP contribution in [-0.2, 0) is 19.4 Å². The highest BCUT2D eigenvalue weighted by Crippen LogP contribution is 2.21. The molecule has 1 heterocycles. The number of hydrogen-bond acceptors (Lipinski definition) is 2. The second-order valence-corrected chi connectivity index (χ2v) is 4.50. The summed E-state index contributed by atoms with van der Waals surface area (Å²) >= 11 is 0. The number of carbonyl (C=O) groups is 1. The van der Waals surface area contributed by atoms with Crippen LogP contribution in [-0.4, -0.2) is 15.6 Å². The summed E-state index contributed by atoms with van der Waals surface area (Å²) in [6.45, 7) is 2.70. The van der Waals surface area contributed by atoms with Crippen LogP contribution in [0.15, 0.2) is 10.9 Å². The number of aromatic carboxylic acids is 1. The summed E-state index contributed by atoms with van der Waals surface area (Å²) in [4.78, 5) is 23.1. The van der Waals surface area contributed by atoms with Crippen molar-refractivity contribution in [1.82, 2.24) is 4.57 Å². The standard InChI is InChI=1S/C13H17NO3/c1-2-3-7-14-11-6-4-5-9(11)8-10(12(14)15)13(16)17/h8H,2-7H2,1H3,(H,16,17). The van der Waals surface area contributed by atoms with E-state index < -0.39 is 5.97 Å². The molecule has 0 saturated carbocycles. The molecule has 1 aliphatic rings. The first-order valence-electron chi connectivity index (χ1n) is 6.14. The van der Waals surface area contributed by atoms with E-state index in [0.717, 1.165) is 43.4 Å². The Morgan fingerprint density at radius 1 is 1.47 bits per heavy atom. The van der Waals surface area contributed by atoms with Crippen molar-refractivity contribution in [3.8, 4) is 0 Å². The molecular formula is C13H17NO3. The van der Waals surface area contributed by atoms with Crippen LogP contribution in [0.5, 0.6) is 0 Å². The summed E-state index contributed by atoms with van der Waals surface area (Å²) in [5.74, 6) is -1.12. The molecule has 0 saturated heterocycles. The first-order valence-corrected chi connectivity index (χ1v) is 6.14. The maximum absolute atomic E-state index is 12.1. The van der Waals surface area contributed by atoms with Crippen molar-refractivity contribution in [3.05, 3.63) is 33.2 Å². The number of pyridine rings is 1. The highest BCUT2D eigenvalue weighted by atomic mass is 16.4. The third-order valence-electron chi connectivity index (χ3n) is 3.32. The molecular weight excluding hydrogens is 218 g/mol. The molecule has 0 aliphatic heterocycles. The van der Waals surface area contributed by atoms with Crippen molar-refractivity contribution >= 4 is 5.97 Å². The quantitative estimate of drug-likeness (QED) is 0.866. The summed E-state index contributed by atoms with van der Waals surface area (Å²) in [7, 11) is 0. The predicted octanol–water partition coefficient (Wildman–Crippen LogP) is 1.84. The van der Waals surface area contributed by atoms with Gasteiger partial charge in [0, 0.05) is 12.2 Å². The molecule has 1 aromatic rings. The van der Waals surface area contributed by atoms with Crippen molar-refractivity contribution in [2.45, 2.75) is 45.6 Å². The van der Waals surface area contributed by atoms with Gasteiger partial charge < -0.3 is 9.67 Å². The normalized spacial score (nSPS) is 13.7. The minimum absolute atomic E-state index is 0.0817. The highest BCUT2D eigenvalue weighted by Gasteiger charge is 2.21. The van der Waals surface area contributed by atoms with E-state index in [4.69, 9.17) is 5.11 Å². The third-order valence-corrected chi connectivity index (χ3v) is 3.32. The van der Waals surface area contributed by atoms with Crippen LogP contribution < -0.4 is 5.56 Å². The Balaban J connectivity index is 2.54. The van der Waals surface area contributed by atoms with Crippen molar-refractivity contribution in [2.75, 3.05) is 0 Å². The molecule has 2 rings (SSSR count). The minimum Gasteiger partial charge on any atom is -0.477 e. The molecule has 4 heteroatoms. The number of nitrogens with zero attached hydrogens (tertiary/aromatic N) is 1. The molecule has 92 valence electrons. The highest BCUT2D eigenvalue weighted by molar-refractivity contribution is 5.87. The van der Waals surface area contributed by atoms with Gasteiger partial charge in [0.1, 0.15) is 5.56 Å². The average molecular weight is 235 g/mol. The second kappa shape index (κ2) is 4.73. The van der Waals surface area contributed by atoms with E-state index in [9.17, 15) is 9.59 Å². The monoisotopic (exact) mass is 235 g/mol. The zero-order valence-corrected chi connectivity index (χ0v) is 10.0. The molecule has 4 nitrogen and oxygen atoms in total. The lowest BCUT2D eigenvalue weighted by atomic mass is 10.1. The van der Waals surface area contributed by atoms with Gasteiger partial charge in [0.25, 0.3) is 5.56 Å². The first kappa shape index (κ1) is 11.9. The summed E-state index contributed by atoms with van der Waals surface area (Å²) in [6.07, 6.45) is 4.72. The lowest BCUT2D eigenvalue weighted by Gasteiger charge is -2.12. The minimum atomic E-state index is -1.12. The summed E-state index contributed by atoms with van der Waals surface area (Å²) in [5, 5.41) is 9.03. The Labute approximate surface area is 99.9 Å². The van der Waals surface area contributed by atoms with Gasteiger partial charge >= 0.3 is 5.97 Å². The van der Waals surface area contributed by atoms with E-state index in [1.54, 1.807) is 10.6 Å². The summed E-state index contributed by atoms with van der Waals surface area (Å²) < 4.78 is 1.68. The molecule has 0 spiro atoms. The van der Waals surface area contributed by atoms with Gasteiger partial charge in [0.05, 0.1) is 0 Å². The number of carboxylic acid groups (broad SMARTS) is 1. The van der Waals surface area contributed by atoms with Crippen LogP contribution in [0.1, 0.15) is 47.8 Å². The van der Waals surface area contributed by atoms with Crippen LogP contribution in [0.4, 0.5) is 0 Å². The van der Waals surface area contributed by atoms with Crippen LogP contribution in [0, 0.1) is 0 Å². The summed E-state index contributed by atoms with van der Waals surface area (Å²) in [6, 6.07) is 1.56. The van der Waals surface area contributed by atoms with Gasteiger partial charge in [0.2, 0.25) is 0 Å². The fourth-order valence-electron chi connectivity index (χ4n) is 2.42. The van der Waals surface area contributed by atoms with Gasteiger partial charge in [-0.25, -0.2) is 4.79 Å². The lowest BCUT2D eigenvalue weighted by molar-refractivity contribution is 0.0694. The number of rotatable bonds is 4. The molecule has 0 unspecified atom stereocenters. The van der Waals surface area contributed by atoms with E-state index in [2.05, 4.69) is 6.92 Å². The fraction of sp³-hybridized carbons (Fsp3) is 0.538. The topological polar surface area (TPSA) is 59.3 Å². The molecule has 1 aliphatic carbocycles. The SMILES string of the molecule is CCCCn1c2c(cc(C(=O)O)c1=O)CCC2. The van der Waals surface area contributed by atoms with E-state index in [1.807, 2.05) is 0 Å². The second-order valence-electron chi connectivity index (χ2n) is 4.50. The fourth-order valence-corrected chi connectivity index (χ4v) is 2.42. The Morgan fingerprint density at radius 2 is 2.24 bits per heavy atom. The molecule has 0 amide bonds. The Morgan fingerprint density at radius 3 is 2.88 bits per heavy atom. The number of hydrogen-bond donors (Lipinski definition) is 1. The zero-order chi connectivity index (χ0) is 12.4. The van der Waals surface area contributed by atoms with E-state index in [-0.39, 0.29) is 11.1 Å². The molecule has 0 bridgehead atoms. The largest absolute Gasteiger partial charge is 0.477 e. The molecule has 0 atom stereocenters. The van der Waals surface area contributed by atoms with Crippen LogP contribution in [0.25, 0.3) is 0 Å². The van der Waals surface area contributed by atoms with Gasteiger partial charge in [-0.2, -0.15) is 0 Å². The maximum atomic E-state index is 12.1. The third kappa shape index (κ3) is 2.12. The van der Waals surface area contributed by atoms with Crippen molar-refractivity contribution < 1.29 is 9.90 Å². The van der Waals surface area contributed by atoms with E-state index in [1.165, 1.54) is 0 Å². The number of carboxylic acids is 1. The lowest BCUT2D eigenvalue weighted by Crippen LogP contribution is -2.29. The van der Waals surface area contributed by atoms with Gasteiger partial charge in [-0.15, -0.1) is 0 Å². The smallest absolute Gasteiger partial charge is 0.341 e. The maximum Gasteiger partial charge on any atom is 0.341 e. The number of unbranched alkanes of at least 4 members (excludes halogenated alkanes) is 1. The number of fused-ring (bicyclic) bond motifs is 1. The predicted molar refractivity (Wildman–Crippen MR) is 64.6 cm³/mol. The van der Waals surface area contributed by atoms with Gasteiger partial charge in [-0.3, -0.25) is 4.79 Å².